The number of ether oxygens (including phenoxy) is 1. The van der Waals surface area contributed by atoms with Gasteiger partial charge in [0.15, 0.2) is 0 Å². The molecule has 3 rings (SSSR count). The van der Waals surface area contributed by atoms with Crippen LogP contribution in [0, 0.1) is 6.92 Å². The molecule has 2 heterocycles. The SMILES string of the molecule is Cc1nc([C@H]2CC[C@H]3OCCN[C@@H]3C2)n(CC(F)(F)F)n1. The highest BCUT2D eigenvalue weighted by atomic mass is 19.4. The highest BCUT2D eigenvalue weighted by Gasteiger charge is 2.37. The van der Waals surface area contributed by atoms with E-state index in [4.69, 9.17) is 4.74 Å². The number of hydrogen-bond donors (Lipinski definition) is 1. The molecule has 1 aliphatic carbocycles. The molecule has 0 spiro atoms. The molecule has 1 saturated heterocycles. The summed E-state index contributed by atoms with van der Waals surface area (Å²) in [5.74, 6) is 0.851. The Labute approximate surface area is 120 Å². The van der Waals surface area contributed by atoms with Crippen molar-refractivity contribution in [1.82, 2.24) is 20.1 Å². The zero-order chi connectivity index (χ0) is 15.0. The number of alkyl halides is 3. The van der Waals surface area contributed by atoms with Gasteiger partial charge in [0.05, 0.1) is 12.7 Å². The van der Waals surface area contributed by atoms with Crippen molar-refractivity contribution in [3.8, 4) is 0 Å². The minimum atomic E-state index is -4.28. The van der Waals surface area contributed by atoms with E-state index in [1.807, 2.05) is 0 Å². The van der Waals surface area contributed by atoms with E-state index in [-0.39, 0.29) is 18.1 Å². The summed E-state index contributed by atoms with van der Waals surface area (Å²) in [5, 5.41) is 7.30. The molecule has 1 aromatic heterocycles. The second kappa shape index (κ2) is 5.57. The molecule has 118 valence electrons. The summed E-state index contributed by atoms with van der Waals surface area (Å²) in [6.07, 6.45) is -1.71. The average molecular weight is 304 g/mol. The van der Waals surface area contributed by atoms with Gasteiger partial charge in [0.25, 0.3) is 0 Å². The molecule has 5 nitrogen and oxygen atoms in total. The number of aromatic nitrogens is 3. The van der Waals surface area contributed by atoms with E-state index < -0.39 is 12.7 Å². The third kappa shape index (κ3) is 3.37. The lowest BCUT2D eigenvalue weighted by Crippen LogP contribution is -2.51. The van der Waals surface area contributed by atoms with Crippen molar-refractivity contribution in [2.75, 3.05) is 13.2 Å². The summed E-state index contributed by atoms with van der Waals surface area (Å²) in [4.78, 5) is 4.24. The molecule has 1 saturated carbocycles. The van der Waals surface area contributed by atoms with E-state index in [1.54, 1.807) is 6.92 Å². The molecule has 0 unspecified atom stereocenters. The van der Waals surface area contributed by atoms with Crippen molar-refractivity contribution in [2.24, 2.45) is 0 Å². The van der Waals surface area contributed by atoms with Crippen LogP contribution >= 0.6 is 0 Å². The lowest BCUT2D eigenvalue weighted by atomic mass is 9.82. The van der Waals surface area contributed by atoms with Crippen LogP contribution < -0.4 is 5.32 Å². The maximum atomic E-state index is 12.6. The molecule has 0 bridgehead atoms. The largest absolute Gasteiger partial charge is 0.408 e. The minimum Gasteiger partial charge on any atom is -0.375 e. The lowest BCUT2D eigenvalue weighted by Gasteiger charge is -2.39. The number of morpholine rings is 1. The Morgan fingerprint density at radius 3 is 2.95 bits per heavy atom. The summed E-state index contributed by atoms with van der Waals surface area (Å²) in [5.41, 5.74) is 0. The first-order chi connectivity index (χ1) is 9.92. The third-order valence-electron chi connectivity index (χ3n) is 4.13. The van der Waals surface area contributed by atoms with Gasteiger partial charge in [-0.2, -0.15) is 18.3 Å². The van der Waals surface area contributed by atoms with E-state index in [0.717, 1.165) is 30.5 Å². The summed E-state index contributed by atoms with van der Waals surface area (Å²) in [7, 11) is 0. The predicted octanol–water partition coefficient (Wildman–Crippen LogP) is 1.77. The number of hydrogen-bond acceptors (Lipinski definition) is 4. The predicted molar refractivity (Wildman–Crippen MR) is 68.9 cm³/mol. The summed E-state index contributed by atoms with van der Waals surface area (Å²) < 4.78 is 44.7. The molecule has 1 N–H and O–H groups in total. The average Bonchev–Trinajstić information content (AvgIpc) is 2.77. The normalized spacial score (nSPS) is 30.2. The van der Waals surface area contributed by atoms with Crippen molar-refractivity contribution in [3.05, 3.63) is 11.6 Å². The summed E-state index contributed by atoms with van der Waals surface area (Å²) in [6.45, 7) is 2.05. The van der Waals surface area contributed by atoms with Crippen molar-refractivity contribution >= 4 is 0 Å². The molecule has 1 aliphatic heterocycles. The maximum Gasteiger partial charge on any atom is 0.408 e. The van der Waals surface area contributed by atoms with E-state index in [0.29, 0.717) is 18.3 Å². The second-order valence-electron chi connectivity index (χ2n) is 5.77. The first kappa shape index (κ1) is 14.8. The van der Waals surface area contributed by atoms with Gasteiger partial charge in [0.2, 0.25) is 0 Å². The Kier molecular flexibility index (Phi) is 3.92. The zero-order valence-electron chi connectivity index (χ0n) is 11.9. The van der Waals surface area contributed by atoms with Crippen LogP contribution in [-0.2, 0) is 11.3 Å². The molecular formula is C13H19F3N4O. The maximum absolute atomic E-state index is 12.6. The fourth-order valence-electron chi connectivity index (χ4n) is 3.31. The Morgan fingerprint density at radius 2 is 2.19 bits per heavy atom. The monoisotopic (exact) mass is 304 g/mol. The van der Waals surface area contributed by atoms with Gasteiger partial charge >= 0.3 is 6.18 Å². The topological polar surface area (TPSA) is 52.0 Å². The number of rotatable bonds is 2. The summed E-state index contributed by atoms with van der Waals surface area (Å²) in [6, 6.07) is 0.203. The van der Waals surface area contributed by atoms with Crippen LogP contribution in [0.25, 0.3) is 0 Å². The van der Waals surface area contributed by atoms with Gasteiger partial charge in [0.1, 0.15) is 18.2 Å². The number of nitrogens with one attached hydrogen (secondary N) is 1. The fourth-order valence-corrected chi connectivity index (χ4v) is 3.31. The fraction of sp³-hybridized carbons (Fsp3) is 0.846. The Hall–Kier alpha value is -1.15. The van der Waals surface area contributed by atoms with E-state index in [2.05, 4.69) is 15.4 Å². The Balaban J connectivity index is 1.77. The van der Waals surface area contributed by atoms with Crippen LogP contribution in [-0.4, -0.2) is 46.2 Å². The first-order valence-electron chi connectivity index (χ1n) is 7.25. The Morgan fingerprint density at radius 1 is 1.38 bits per heavy atom. The van der Waals surface area contributed by atoms with Crippen LogP contribution in [0.5, 0.6) is 0 Å². The van der Waals surface area contributed by atoms with Gasteiger partial charge in [-0.25, -0.2) is 9.67 Å². The molecule has 3 atom stereocenters. The van der Waals surface area contributed by atoms with Crippen molar-refractivity contribution in [2.45, 2.75) is 57.0 Å². The van der Waals surface area contributed by atoms with E-state index in [1.165, 1.54) is 0 Å². The molecule has 1 aromatic rings. The molecule has 0 radical (unpaired) electrons. The van der Waals surface area contributed by atoms with Gasteiger partial charge in [-0.3, -0.25) is 0 Å². The summed E-state index contributed by atoms with van der Waals surface area (Å²) >= 11 is 0. The van der Waals surface area contributed by atoms with E-state index in [9.17, 15) is 13.2 Å². The van der Waals surface area contributed by atoms with Crippen LogP contribution in [0.3, 0.4) is 0 Å². The molecule has 8 heteroatoms. The highest BCUT2D eigenvalue weighted by molar-refractivity contribution is 5.05. The quantitative estimate of drug-likeness (QED) is 0.905. The van der Waals surface area contributed by atoms with Crippen molar-refractivity contribution < 1.29 is 17.9 Å². The van der Waals surface area contributed by atoms with Crippen LogP contribution in [0.4, 0.5) is 13.2 Å². The van der Waals surface area contributed by atoms with E-state index >= 15 is 0 Å². The van der Waals surface area contributed by atoms with Gasteiger partial charge in [-0.15, -0.1) is 0 Å². The molecular weight excluding hydrogens is 285 g/mol. The van der Waals surface area contributed by atoms with Crippen LogP contribution in [0.15, 0.2) is 0 Å². The van der Waals surface area contributed by atoms with Gasteiger partial charge in [-0.1, -0.05) is 0 Å². The molecule has 2 fully saturated rings. The number of nitrogens with zero attached hydrogens (tertiary/aromatic N) is 3. The molecule has 2 aliphatic rings. The molecule has 0 aromatic carbocycles. The van der Waals surface area contributed by atoms with Crippen molar-refractivity contribution in [1.29, 1.82) is 0 Å². The van der Waals surface area contributed by atoms with Crippen molar-refractivity contribution in [3.63, 3.8) is 0 Å². The first-order valence-corrected chi connectivity index (χ1v) is 7.25. The smallest absolute Gasteiger partial charge is 0.375 e. The number of fused-ring (bicyclic) bond motifs is 1. The van der Waals surface area contributed by atoms with Crippen LogP contribution in [0.1, 0.15) is 36.8 Å². The third-order valence-corrected chi connectivity index (χ3v) is 4.13. The molecule has 21 heavy (non-hydrogen) atoms. The standard InChI is InChI=1S/C13H19F3N4O/c1-8-18-12(20(19-8)7-13(14,15)16)9-2-3-11-10(6-9)17-4-5-21-11/h9-11,17H,2-7H2,1H3/t9-,10+,11+/m0/s1. The number of halogens is 3. The van der Waals surface area contributed by atoms with Gasteiger partial charge in [-0.05, 0) is 26.2 Å². The minimum absolute atomic E-state index is 0.00370. The molecule has 0 amide bonds. The zero-order valence-corrected chi connectivity index (χ0v) is 11.9. The number of aryl methyl sites for hydroxylation is 1. The lowest BCUT2D eigenvalue weighted by molar-refractivity contribution is -0.143. The van der Waals surface area contributed by atoms with Gasteiger partial charge in [0, 0.05) is 18.5 Å². The highest BCUT2D eigenvalue weighted by Crippen LogP contribution is 2.35. The van der Waals surface area contributed by atoms with Gasteiger partial charge < -0.3 is 10.1 Å². The Bertz CT molecular complexity index is 502. The van der Waals surface area contributed by atoms with Crippen LogP contribution in [0.2, 0.25) is 0 Å². The second-order valence-corrected chi connectivity index (χ2v) is 5.77.